The quantitative estimate of drug-likeness (QED) is 0.449. The summed E-state index contributed by atoms with van der Waals surface area (Å²) in [6, 6.07) is 15.4. The van der Waals surface area contributed by atoms with Gasteiger partial charge in [0.15, 0.2) is 6.61 Å². The summed E-state index contributed by atoms with van der Waals surface area (Å²) >= 11 is 0. The van der Waals surface area contributed by atoms with Crippen LogP contribution in [0.1, 0.15) is 30.9 Å². The summed E-state index contributed by atoms with van der Waals surface area (Å²) in [4.78, 5) is 16.1. The van der Waals surface area contributed by atoms with Crippen LogP contribution in [-0.4, -0.2) is 30.8 Å². The number of carbonyl (C=O) groups is 1. The zero-order valence-electron chi connectivity index (χ0n) is 17.6. The molecule has 0 aliphatic rings. The highest BCUT2D eigenvalue weighted by Gasteiger charge is 2.12. The zero-order valence-corrected chi connectivity index (χ0v) is 17.6. The fourth-order valence-corrected chi connectivity index (χ4v) is 3.03. The fourth-order valence-electron chi connectivity index (χ4n) is 3.03. The molecule has 30 heavy (non-hydrogen) atoms. The SMILES string of the molecule is CCOC(=O)COc1ccc(OCCc2nc(-c3ccccc3)oc2C)cc1CC. The van der Waals surface area contributed by atoms with E-state index in [9.17, 15) is 4.79 Å². The van der Waals surface area contributed by atoms with E-state index in [1.54, 1.807) is 6.92 Å². The number of aryl methyl sites for hydroxylation is 2. The maximum Gasteiger partial charge on any atom is 0.344 e. The number of ether oxygens (including phenoxy) is 3. The molecule has 0 amide bonds. The van der Waals surface area contributed by atoms with Crippen molar-refractivity contribution in [3.8, 4) is 23.0 Å². The van der Waals surface area contributed by atoms with Crippen molar-refractivity contribution in [2.24, 2.45) is 0 Å². The molecule has 6 nitrogen and oxygen atoms in total. The van der Waals surface area contributed by atoms with Crippen molar-refractivity contribution in [1.29, 1.82) is 0 Å². The molecular weight excluding hydrogens is 382 g/mol. The predicted octanol–water partition coefficient (Wildman–Crippen LogP) is 4.78. The van der Waals surface area contributed by atoms with Gasteiger partial charge in [-0.2, -0.15) is 0 Å². The van der Waals surface area contributed by atoms with E-state index < -0.39 is 0 Å². The van der Waals surface area contributed by atoms with Gasteiger partial charge in [-0.3, -0.25) is 0 Å². The number of aromatic nitrogens is 1. The standard InChI is InChI=1S/C24H27NO5/c1-4-18-15-20(11-12-22(18)29-16-23(26)27-5-2)28-14-13-21-17(3)30-24(25-21)19-9-7-6-8-10-19/h6-12,15H,4-5,13-14,16H2,1-3H3. The van der Waals surface area contributed by atoms with Crippen LogP contribution >= 0.6 is 0 Å². The second kappa shape index (κ2) is 10.5. The van der Waals surface area contributed by atoms with Gasteiger partial charge >= 0.3 is 5.97 Å². The highest BCUT2D eigenvalue weighted by atomic mass is 16.6. The van der Waals surface area contributed by atoms with Crippen molar-refractivity contribution in [2.45, 2.75) is 33.6 Å². The van der Waals surface area contributed by atoms with Gasteiger partial charge in [0.2, 0.25) is 5.89 Å². The molecule has 0 aliphatic heterocycles. The molecule has 1 heterocycles. The lowest BCUT2D eigenvalue weighted by atomic mass is 10.1. The van der Waals surface area contributed by atoms with Crippen LogP contribution in [-0.2, 0) is 22.4 Å². The summed E-state index contributed by atoms with van der Waals surface area (Å²) in [5.41, 5.74) is 2.82. The number of oxazole rings is 1. The first-order valence-electron chi connectivity index (χ1n) is 10.2. The molecule has 158 valence electrons. The van der Waals surface area contributed by atoms with Crippen molar-refractivity contribution in [3.63, 3.8) is 0 Å². The molecule has 0 bridgehead atoms. The van der Waals surface area contributed by atoms with Crippen LogP contribution in [0.4, 0.5) is 0 Å². The molecule has 0 radical (unpaired) electrons. The van der Waals surface area contributed by atoms with Crippen LogP contribution in [0, 0.1) is 6.92 Å². The maximum atomic E-state index is 11.5. The van der Waals surface area contributed by atoms with E-state index in [0.717, 1.165) is 34.8 Å². The Hall–Kier alpha value is -3.28. The molecule has 0 saturated heterocycles. The van der Waals surface area contributed by atoms with E-state index in [2.05, 4.69) is 4.98 Å². The molecule has 0 N–H and O–H groups in total. The molecule has 6 heteroatoms. The van der Waals surface area contributed by atoms with Crippen molar-refractivity contribution < 1.29 is 23.4 Å². The Bertz CT molecular complexity index is 965. The summed E-state index contributed by atoms with van der Waals surface area (Å²) in [5, 5.41) is 0. The van der Waals surface area contributed by atoms with Crippen LogP contribution < -0.4 is 9.47 Å². The Morgan fingerprint density at radius 3 is 2.60 bits per heavy atom. The van der Waals surface area contributed by atoms with E-state index in [-0.39, 0.29) is 12.6 Å². The molecule has 3 aromatic rings. The molecule has 2 aromatic carbocycles. The lowest BCUT2D eigenvalue weighted by Crippen LogP contribution is -2.15. The van der Waals surface area contributed by atoms with Gasteiger partial charge in [-0.05, 0) is 56.2 Å². The number of carbonyl (C=O) groups excluding carboxylic acids is 1. The zero-order chi connectivity index (χ0) is 21.3. The van der Waals surface area contributed by atoms with Crippen molar-refractivity contribution in [1.82, 2.24) is 4.98 Å². The average Bonchev–Trinajstić information content (AvgIpc) is 3.14. The van der Waals surface area contributed by atoms with Crippen LogP contribution in [0.25, 0.3) is 11.5 Å². The smallest absolute Gasteiger partial charge is 0.344 e. The summed E-state index contributed by atoms with van der Waals surface area (Å²) in [5.74, 6) is 2.46. The Kier molecular flexibility index (Phi) is 7.49. The van der Waals surface area contributed by atoms with E-state index >= 15 is 0 Å². The van der Waals surface area contributed by atoms with Gasteiger partial charge in [0.1, 0.15) is 17.3 Å². The summed E-state index contributed by atoms with van der Waals surface area (Å²) < 4.78 is 22.2. The second-order valence-corrected chi connectivity index (χ2v) is 6.70. The lowest BCUT2D eigenvalue weighted by molar-refractivity contribution is -0.145. The first-order valence-corrected chi connectivity index (χ1v) is 10.2. The van der Waals surface area contributed by atoms with Gasteiger partial charge in [-0.15, -0.1) is 0 Å². The molecular formula is C24H27NO5. The number of hydrogen-bond donors (Lipinski definition) is 0. The maximum absolute atomic E-state index is 11.5. The minimum atomic E-state index is -0.377. The number of nitrogens with zero attached hydrogens (tertiary/aromatic N) is 1. The van der Waals surface area contributed by atoms with Crippen LogP contribution in [0.15, 0.2) is 52.9 Å². The molecule has 0 fully saturated rings. The summed E-state index contributed by atoms with van der Waals surface area (Å²) in [6.07, 6.45) is 1.41. The number of benzene rings is 2. The van der Waals surface area contributed by atoms with Gasteiger partial charge in [-0.1, -0.05) is 25.1 Å². The first kappa shape index (κ1) is 21.4. The van der Waals surface area contributed by atoms with E-state index in [1.165, 1.54) is 0 Å². The third-order valence-electron chi connectivity index (χ3n) is 4.58. The highest BCUT2D eigenvalue weighted by Crippen LogP contribution is 2.26. The van der Waals surface area contributed by atoms with Gasteiger partial charge in [0.25, 0.3) is 0 Å². The molecule has 3 rings (SSSR count). The molecule has 0 atom stereocenters. The van der Waals surface area contributed by atoms with Crippen LogP contribution in [0.3, 0.4) is 0 Å². The monoisotopic (exact) mass is 409 g/mol. The van der Waals surface area contributed by atoms with Crippen LogP contribution in [0.5, 0.6) is 11.5 Å². The third kappa shape index (κ3) is 5.63. The van der Waals surface area contributed by atoms with Crippen molar-refractivity contribution in [2.75, 3.05) is 19.8 Å². The predicted molar refractivity (Wildman–Crippen MR) is 114 cm³/mol. The molecule has 0 saturated carbocycles. The minimum Gasteiger partial charge on any atom is -0.493 e. The topological polar surface area (TPSA) is 70.8 Å². The number of esters is 1. The molecule has 1 aromatic heterocycles. The van der Waals surface area contributed by atoms with Gasteiger partial charge < -0.3 is 18.6 Å². The average molecular weight is 409 g/mol. The normalized spacial score (nSPS) is 10.6. The van der Waals surface area contributed by atoms with E-state index in [0.29, 0.717) is 31.3 Å². The second-order valence-electron chi connectivity index (χ2n) is 6.70. The largest absolute Gasteiger partial charge is 0.493 e. The van der Waals surface area contributed by atoms with E-state index in [1.807, 2.05) is 62.4 Å². The van der Waals surface area contributed by atoms with Gasteiger partial charge in [-0.25, -0.2) is 9.78 Å². The Morgan fingerprint density at radius 2 is 1.87 bits per heavy atom. The fraction of sp³-hybridized carbons (Fsp3) is 0.333. The number of hydrogen-bond acceptors (Lipinski definition) is 6. The summed E-state index contributed by atoms with van der Waals surface area (Å²) in [6.45, 7) is 6.43. The van der Waals surface area contributed by atoms with Gasteiger partial charge in [0, 0.05) is 12.0 Å². The van der Waals surface area contributed by atoms with Crippen molar-refractivity contribution >= 4 is 5.97 Å². The Balaban J connectivity index is 1.57. The summed E-state index contributed by atoms with van der Waals surface area (Å²) in [7, 11) is 0. The third-order valence-corrected chi connectivity index (χ3v) is 4.58. The van der Waals surface area contributed by atoms with Gasteiger partial charge in [0.05, 0.1) is 18.9 Å². The molecule has 0 aliphatic carbocycles. The van der Waals surface area contributed by atoms with Crippen molar-refractivity contribution in [3.05, 3.63) is 65.5 Å². The van der Waals surface area contributed by atoms with Crippen LogP contribution in [0.2, 0.25) is 0 Å². The van der Waals surface area contributed by atoms with E-state index in [4.69, 9.17) is 18.6 Å². The minimum absolute atomic E-state index is 0.101. The lowest BCUT2D eigenvalue weighted by Gasteiger charge is -2.12. The Morgan fingerprint density at radius 1 is 1.07 bits per heavy atom. The molecule has 0 spiro atoms. The molecule has 0 unspecified atom stereocenters. The number of rotatable bonds is 10. The first-order chi connectivity index (χ1) is 14.6. The Labute approximate surface area is 176 Å². The highest BCUT2D eigenvalue weighted by molar-refractivity contribution is 5.71.